The van der Waals surface area contributed by atoms with Crippen molar-refractivity contribution in [1.82, 2.24) is 9.97 Å². The summed E-state index contributed by atoms with van der Waals surface area (Å²) in [4.78, 5) is 8.23. The molecule has 0 saturated carbocycles. The first-order valence-corrected chi connectivity index (χ1v) is 5.51. The number of anilines is 1. The third-order valence-corrected chi connectivity index (χ3v) is 2.57. The second-order valence-electron chi connectivity index (χ2n) is 3.03. The molecule has 1 N–H and O–H groups in total. The van der Waals surface area contributed by atoms with Crippen molar-refractivity contribution in [3.05, 3.63) is 41.1 Å². The lowest BCUT2D eigenvalue weighted by molar-refractivity contribution is 0.458. The van der Waals surface area contributed by atoms with Gasteiger partial charge in [-0.3, -0.25) is 4.98 Å². The van der Waals surface area contributed by atoms with Crippen LogP contribution in [0.4, 0.5) is 5.82 Å². The molecule has 0 amide bonds. The summed E-state index contributed by atoms with van der Waals surface area (Å²) < 4.78 is 6.47. The first-order chi connectivity index (χ1) is 7.79. The van der Waals surface area contributed by atoms with Gasteiger partial charge in [0.25, 0.3) is 0 Å². The van der Waals surface area contributed by atoms with E-state index in [-0.39, 0.29) is 0 Å². The van der Waals surface area contributed by atoms with E-state index in [1.807, 2.05) is 24.3 Å². The highest BCUT2D eigenvalue weighted by Crippen LogP contribution is 2.28. The number of rotatable bonds is 3. The minimum Gasteiger partial charge on any atom is -0.436 e. The monoisotopic (exact) mass is 279 g/mol. The molecule has 0 saturated heterocycles. The fourth-order valence-electron chi connectivity index (χ4n) is 1.16. The lowest BCUT2D eigenvalue weighted by Gasteiger charge is -2.06. The number of hydrogen-bond donors (Lipinski definition) is 1. The van der Waals surface area contributed by atoms with E-state index in [0.717, 1.165) is 4.47 Å². The Kier molecular flexibility index (Phi) is 3.36. The predicted octanol–water partition coefficient (Wildman–Crippen LogP) is 3.07. The van der Waals surface area contributed by atoms with Gasteiger partial charge in [0, 0.05) is 7.05 Å². The van der Waals surface area contributed by atoms with Crippen molar-refractivity contribution in [3.8, 4) is 11.6 Å². The largest absolute Gasteiger partial charge is 0.436 e. The van der Waals surface area contributed by atoms with Crippen LogP contribution in [0.5, 0.6) is 11.6 Å². The Morgan fingerprint density at radius 3 is 2.81 bits per heavy atom. The second kappa shape index (κ2) is 4.94. The maximum atomic E-state index is 5.59. The van der Waals surface area contributed by atoms with Gasteiger partial charge in [0.1, 0.15) is 11.6 Å². The van der Waals surface area contributed by atoms with Gasteiger partial charge in [-0.1, -0.05) is 12.1 Å². The summed E-state index contributed by atoms with van der Waals surface area (Å²) in [5.41, 5.74) is 0. The van der Waals surface area contributed by atoms with Gasteiger partial charge in [-0.25, -0.2) is 0 Å². The highest BCUT2D eigenvalue weighted by molar-refractivity contribution is 9.10. The number of benzene rings is 1. The van der Waals surface area contributed by atoms with Gasteiger partial charge in [0.15, 0.2) is 0 Å². The van der Waals surface area contributed by atoms with Gasteiger partial charge >= 0.3 is 0 Å². The number of halogens is 1. The van der Waals surface area contributed by atoms with Crippen molar-refractivity contribution in [2.45, 2.75) is 0 Å². The van der Waals surface area contributed by atoms with Crippen molar-refractivity contribution < 1.29 is 4.74 Å². The zero-order chi connectivity index (χ0) is 11.4. The molecule has 82 valence electrons. The summed E-state index contributed by atoms with van der Waals surface area (Å²) in [6.07, 6.45) is 3.20. The molecule has 1 aromatic heterocycles. The molecule has 1 heterocycles. The quantitative estimate of drug-likeness (QED) is 0.938. The molecule has 0 aliphatic carbocycles. The lowest BCUT2D eigenvalue weighted by Crippen LogP contribution is -1.96. The number of para-hydroxylation sites is 1. The third-order valence-electron chi connectivity index (χ3n) is 1.92. The number of aromatic nitrogens is 2. The molecule has 0 aliphatic heterocycles. The summed E-state index contributed by atoms with van der Waals surface area (Å²) in [7, 11) is 1.78. The van der Waals surface area contributed by atoms with Crippen molar-refractivity contribution in [2.24, 2.45) is 0 Å². The Hall–Kier alpha value is -1.62. The minimum atomic E-state index is 0.457. The molecular formula is C11H10BrN3O. The van der Waals surface area contributed by atoms with Crippen LogP contribution in [0.3, 0.4) is 0 Å². The predicted molar refractivity (Wildman–Crippen MR) is 65.8 cm³/mol. The van der Waals surface area contributed by atoms with E-state index in [4.69, 9.17) is 4.74 Å². The Morgan fingerprint density at radius 1 is 1.25 bits per heavy atom. The van der Waals surface area contributed by atoms with E-state index in [0.29, 0.717) is 17.4 Å². The van der Waals surface area contributed by atoms with E-state index >= 15 is 0 Å². The van der Waals surface area contributed by atoms with Gasteiger partial charge in [-0.05, 0) is 28.1 Å². The first kappa shape index (κ1) is 10.9. The molecule has 0 fully saturated rings. The number of nitrogens with one attached hydrogen (secondary N) is 1. The number of hydrogen-bond acceptors (Lipinski definition) is 4. The topological polar surface area (TPSA) is 47.0 Å². The molecule has 0 radical (unpaired) electrons. The van der Waals surface area contributed by atoms with Crippen LogP contribution in [0.2, 0.25) is 0 Å². The Morgan fingerprint density at radius 2 is 2.06 bits per heavy atom. The summed E-state index contributed by atoms with van der Waals surface area (Å²) >= 11 is 3.40. The SMILES string of the molecule is CNc1cncc(Oc2ccccc2Br)n1. The zero-order valence-corrected chi connectivity index (χ0v) is 10.2. The normalized spacial score (nSPS) is 9.88. The lowest BCUT2D eigenvalue weighted by atomic mass is 10.3. The summed E-state index contributed by atoms with van der Waals surface area (Å²) in [6.45, 7) is 0. The Balaban J connectivity index is 2.24. The average Bonchev–Trinajstić information content (AvgIpc) is 2.32. The van der Waals surface area contributed by atoms with Crippen LogP contribution in [-0.4, -0.2) is 17.0 Å². The van der Waals surface area contributed by atoms with Crippen molar-refractivity contribution in [1.29, 1.82) is 0 Å². The van der Waals surface area contributed by atoms with Crippen LogP contribution in [0.15, 0.2) is 41.1 Å². The molecule has 1 aromatic carbocycles. The standard InChI is InChI=1S/C11H10BrN3O/c1-13-10-6-14-7-11(15-10)16-9-5-3-2-4-8(9)12/h2-7H,1H3,(H,13,15). The van der Waals surface area contributed by atoms with Gasteiger partial charge in [0.05, 0.1) is 16.9 Å². The first-order valence-electron chi connectivity index (χ1n) is 4.72. The van der Waals surface area contributed by atoms with Crippen LogP contribution >= 0.6 is 15.9 Å². The maximum absolute atomic E-state index is 5.59. The fourth-order valence-corrected chi connectivity index (χ4v) is 1.52. The van der Waals surface area contributed by atoms with Crippen molar-refractivity contribution >= 4 is 21.7 Å². The van der Waals surface area contributed by atoms with Crippen LogP contribution in [0.1, 0.15) is 0 Å². The Bertz CT molecular complexity index is 490. The molecule has 0 atom stereocenters. The smallest absolute Gasteiger partial charge is 0.239 e. The molecule has 4 nitrogen and oxygen atoms in total. The molecule has 0 aliphatic rings. The van der Waals surface area contributed by atoms with Crippen LogP contribution < -0.4 is 10.1 Å². The third kappa shape index (κ3) is 2.49. The molecule has 16 heavy (non-hydrogen) atoms. The second-order valence-corrected chi connectivity index (χ2v) is 3.88. The van der Waals surface area contributed by atoms with E-state index in [1.54, 1.807) is 19.4 Å². The van der Waals surface area contributed by atoms with Crippen LogP contribution in [-0.2, 0) is 0 Å². The van der Waals surface area contributed by atoms with E-state index in [9.17, 15) is 0 Å². The molecule has 5 heteroatoms. The minimum absolute atomic E-state index is 0.457. The van der Waals surface area contributed by atoms with Crippen molar-refractivity contribution in [2.75, 3.05) is 12.4 Å². The van der Waals surface area contributed by atoms with Gasteiger partial charge in [-0.2, -0.15) is 4.98 Å². The van der Waals surface area contributed by atoms with Gasteiger partial charge in [-0.15, -0.1) is 0 Å². The molecule has 2 rings (SSSR count). The van der Waals surface area contributed by atoms with Gasteiger partial charge < -0.3 is 10.1 Å². The Labute approximate surface area is 102 Å². The maximum Gasteiger partial charge on any atom is 0.239 e. The molecule has 0 bridgehead atoms. The number of nitrogens with zero attached hydrogens (tertiary/aromatic N) is 2. The number of ether oxygens (including phenoxy) is 1. The summed E-state index contributed by atoms with van der Waals surface area (Å²) in [6, 6.07) is 7.59. The van der Waals surface area contributed by atoms with Crippen LogP contribution in [0, 0.1) is 0 Å². The fraction of sp³-hybridized carbons (Fsp3) is 0.0909. The van der Waals surface area contributed by atoms with Crippen molar-refractivity contribution in [3.63, 3.8) is 0 Å². The molecule has 2 aromatic rings. The van der Waals surface area contributed by atoms with E-state index in [1.165, 1.54) is 0 Å². The van der Waals surface area contributed by atoms with Crippen LogP contribution in [0.25, 0.3) is 0 Å². The zero-order valence-electron chi connectivity index (χ0n) is 8.64. The summed E-state index contributed by atoms with van der Waals surface area (Å²) in [5, 5.41) is 2.90. The average molecular weight is 280 g/mol. The highest BCUT2D eigenvalue weighted by atomic mass is 79.9. The summed E-state index contributed by atoms with van der Waals surface area (Å²) in [5.74, 6) is 1.84. The van der Waals surface area contributed by atoms with Gasteiger partial charge in [0.2, 0.25) is 5.88 Å². The molecular weight excluding hydrogens is 270 g/mol. The highest BCUT2D eigenvalue weighted by Gasteiger charge is 2.03. The van der Waals surface area contributed by atoms with E-state index in [2.05, 4.69) is 31.2 Å². The molecule has 0 spiro atoms. The van der Waals surface area contributed by atoms with E-state index < -0.39 is 0 Å². The molecule has 0 unspecified atom stereocenters.